The fourth-order valence-corrected chi connectivity index (χ4v) is 4.28. The van der Waals surface area contributed by atoms with Crippen molar-refractivity contribution in [3.63, 3.8) is 0 Å². The quantitative estimate of drug-likeness (QED) is 0.667. The molecule has 6 nitrogen and oxygen atoms in total. The molecule has 2 aliphatic heterocycles. The fourth-order valence-electron chi connectivity index (χ4n) is 4.28. The van der Waals surface area contributed by atoms with E-state index in [4.69, 9.17) is 10.5 Å². The van der Waals surface area contributed by atoms with Crippen molar-refractivity contribution in [2.24, 2.45) is 5.73 Å². The molecule has 0 aliphatic carbocycles. The molecular formula is C20H20F3N5O. The molecule has 152 valence electrons. The lowest BCUT2D eigenvalue weighted by Gasteiger charge is -2.38. The number of rotatable bonds is 2. The number of nitrogens with two attached hydrogens (primary N) is 1. The minimum atomic E-state index is -1.23. The van der Waals surface area contributed by atoms with Crippen LogP contribution in [0, 0.1) is 24.4 Å². The van der Waals surface area contributed by atoms with E-state index >= 15 is 0 Å². The molecule has 1 fully saturated rings. The lowest BCUT2D eigenvalue weighted by molar-refractivity contribution is -0.0533. The first-order chi connectivity index (χ1) is 13.9. The Bertz CT molecular complexity index is 1100. The van der Waals surface area contributed by atoms with Crippen LogP contribution in [0.25, 0.3) is 5.65 Å². The molecule has 0 unspecified atom stereocenters. The van der Waals surface area contributed by atoms with Gasteiger partial charge in [0.1, 0.15) is 11.9 Å². The van der Waals surface area contributed by atoms with Crippen molar-refractivity contribution < 1.29 is 17.9 Å². The van der Waals surface area contributed by atoms with Crippen LogP contribution in [0.15, 0.2) is 24.4 Å². The molecule has 9 heteroatoms. The number of hydrogen-bond acceptors (Lipinski definition) is 5. The molecular weight excluding hydrogens is 383 g/mol. The predicted octanol–water partition coefficient (Wildman–Crippen LogP) is 2.63. The smallest absolute Gasteiger partial charge is 0.161 e. The number of nitrogens with zero attached hydrogens (tertiary/aromatic N) is 4. The van der Waals surface area contributed by atoms with Gasteiger partial charge in [-0.05, 0) is 25.5 Å². The monoisotopic (exact) mass is 403 g/mol. The van der Waals surface area contributed by atoms with Crippen LogP contribution in [0.3, 0.4) is 0 Å². The maximum Gasteiger partial charge on any atom is 0.161 e. The van der Waals surface area contributed by atoms with Crippen LogP contribution in [0.5, 0.6) is 0 Å². The number of fused-ring (bicyclic) bond motifs is 3. The molecule has 0 amide bonds. The van der Waals surface area contributed by atoms with Crippen LogP contribution < -0.4 is 5.73 Å². The largest absolute Gasteiger partial charge is 0.370 e. The van der Waals surface area contributed by atoms with E-state index < -0.39 is 29.6 Å². The van der Waals surface area contributed by atoms with Gasteiger partial charge < -0.3 is 10.5 Å². The van der Waals surface area contributed by atoms with Gasteiger partial charge in [0, 0.05) is 54.3 Å². The molecule has 0 radical (unpaired) electrons. The number of hydrogen-bond donors (Lipinski definition) is 1. The van der Waals surface area contributed by atoms with Crippen LogP contribution in [-0.4, -0.2) is 38.2 Å². The molecule has 29 heavy (non-hydrogen) atoms. The molecule has 3 aromatic rings. The average molecular weight is 403 g/mol. The Hall–Kier alpha value is -2.49. The summed E-state index contributed by atoms with van der Waals surface area (Å²) >= 11 is 0. The summed E-state index contributed by atoms with van der Waals surface area (Å²) in [5.41, 5.74) is 10.1. The van der Waals surface area contributed by atoms with Crippen molar-refractivity contribution in [2.45, 2.75) is 44.6 Å². The lowest BCUT2D eigenvalue weighted by atomic mass is 9.93. The minimum absolute atomic E-state index is 0.0219. The van der Waals surface area contributed by atoms with Crippen molar-refractivity contribution in [1.29, 1.82) is 0 Å². The van der Waals surface area contributed by atoms with E-state index in [1.54, 1.807) is 4.52 Å². The molecule has 2 N–H and O–H groups in total. The Labute approximate surface area is 165 Å². The first-order valence-electron chi connectivity index (χ1n) is 9.50. The summed E-state index contributed by atoms with van der Waals surface area (Å²) in [4.78, 5) is 6.81. The summed E-state index contributed by atoms with van der Waals surface area (Å²) in [5, 5.41) is 4.60. The molecule has 5 rings (SSSR count). The number of halogens is 3. The molecule has 1 saturated heterocycles. The van der Waals surface area contributed by atoms with Crippen LogP contribution >= 0.6 is 0 Å². The molecule has 0 bridgehead atoms. The van der Waals surface area contributed by atoms with Gasteiger partial charge in [0.15, 0.2) is 17.3 Å². The van der Waals surface area contributed by atoms with Gasteiger partial charge in [0.2, 0.25) is 0 Å². The SMILES string of the molecule is Cc1ccn2nc3c(c2n1)CN([C@@H]1CO[C@H](c2cc(F)c(F)cc2F)[C@@H](N)C1)C3. The van der Waals surface area contributed by atoms with Gasteiger partial charge in [-0.2, -0.15) is 5.10 Å². The maximum atomic E-state index is 14.1. The molecule has 3 atom stereocenters. The van der Waals surface area contributed by atoms with Crippen LogP contribution in [-0.2, 0) is 17.8 Å². The van der Waals surface area contributed by atoms with E-state index in [0.29, 0.717) is 32.2 Å². The zero-order valence-corrected chi connectivity index (χ0v) is 15.8. The van der Waals surface area contributed by atoms with E-state index in [-0.39, 0.29) is 11.6 Å². The van der Waals surface area contributed by atoms with Gasteiger partial charge in [0.05, 0.1) is 12.3 Å². The molecule has 0 saturated carbocycles. The average Bonchev–Trinajstić information content (AvgIpc) is 3.23. The van der Waals surface area contributed by atoms with E-state index in [2.05, 4.69) is 15.0 Å². The maximum absolute atomic E-state index is 14.1. The molecule has 0 spiro atoms. The first kappa shape index (κ1) is 18.5. The highest BCUT2D eigenvalue weighted by molar-refractivity contribution is 5.52. The normalized spacial score (nSPS) is 24.9. The Balaban J connectivity index is 1.32. The Kier molecular flexibility index (Phi) is 4.34. The Morgan fingerprint density at radius 1 is 1.14 bits per heavy atom. The second-order valence-corrected chi connectivity index (χ2v) is 7.76. The number of aromatic nitrogens is 3. The third-order valence-corrected chi connectivity index (χ3v) is 5.78. The summed E-state index contributed by atoms with van der Waals surface area (Å²) in [6.07, 6.45) is 1.64. The van der Waals surface area contributed by atoms with E-state index in [1.165, 1.54) is 0 Å². The van der Waals surface area contributed by atoms with Gasteiger partial charge in [0.25, 0.3) is 0 Å². The molecule has 4 heterocycles. The van der Waals surface area contributed by atoms with E-state index in [1.807, 2.05) is 19.2 Å². The summed E-state index contributed by atoms with van der Waals surface area (Å²) in [6, 6.07) is 2.77. The van der Waals surface area contributed by atoms with Crippen molar-refractivity contribution in [2.75, 3.05) is 6.61 Å². The summed E-state index contributed by atoms with van der Waals surface area (Å²) < 4.78 is 48.5. The topological polar surface area (TPSA) is 68.7 Å². The van der Waals surface area contributed by atoms with Gasteiger partial charge in [-0.1, -0.05) is 0 Å². The van der Waals surface area contributed by atoms with Crippen LogP contribution in [0.4, 0.5) is 13.2 Å². The van der Waals surface area contributed by atoms with Gasteiger partial charge in [-0.3, -0.25) is 4.90 Å². The standard InChI is InChI=1S/C20H20F3N5O/c1-10-2-3-28-20(25-10)13-7-27(8-18(13)26-28)11-4-17(24)19(29-9-11)12-5-15(22)16(23)6-14(12)21/h2-3,5-6,11,17,19H,4,7-9,24H2,1H3/t11-,17-,19+/m0/s1. The van der Waals surface area contributed by atoms with Gasteiger partial charge in [-0.15, -0.1) is 0 Å². The highest BCUT2D eigenvalue weighted by atomic mass is 19.2. The highest BCUT2D eigenvalue weighted by Gasteiger charge is 2.38. The molecule has 2 aliphatic rings. The van der Waals surface area contributed by atoms with Crippen molar-refractivity contribution in [3.8, 4) is 0 Å². The lowest BCUT2D eigenvalue weighted by Crippen LogP contribution is -2.47. The summed E-state index contributed by atoms with van der Waals surface area (Å²) in [6.45, 7) is 3.60. The molecule has 2 aromatic heterocycles. The summed E-state index contributed by atoms with van der Waals surface area (Å²) in [7, 11) is 0. The predicted molar refractivity (Wildman–Crippen MR) is 98.4 cm³/mol. The van der Waals surface area contributed by atoms with Gasteiger partial charge >= 0.3 is 0 Å². The highest BCUT2D eigenvalue weighted by Crippen LogP contribution is 2.35. The summed E-state index contributed by atoms with van der Waals surface area (Å²) in [5.74, 6) is -3.18. The second-order valence-electron chi connectivity index (χ2n) is 7.76. The minimum Gasteiger partial charge on any atom is -0.370 e. The molecule has 1 aromatic carbocycles. The first-order valence-corrected chi connectivity index (χ1v) is 9.50. The Morgan fingerprint density at radius 3 is 2.72 bits per heavy atom. The van der Waals surface area contributed by atoms with Gasteiger partial charge in [-0.25, -0.2) is 22.7 Å². The number of aryl methyl sites for hydroxylation is 1. The zero-order chi connectivity index (χ0) is 20.3. The zero-order valence-electron chi connectivity index (χ0n) is 15.8. The van der Waals surface area contributed by atoms with Crippen LogP contribution in [0.2, 0.25) is 0 Å². The third-order valence-electron chi connectivity index (χ3n) is 5.78. The van der Waals surface area contributed by atoms with Crippen molar-refractivity contribution in [3.05, 3.63) is 64.4 Å². The number of ether oxygens (including phenoxy) is 1. The van der Waals surface area contributed by atoms with E-state index in [0.717, 1.165) is 28.7 Å². The number of benzene rings is 1. The van der Waals surface area contributed by atoms with Crippen molar-refractivity contribution in [1.82, 2.24) is 19.5 Å². The second kappa shape index (κ2) is 6.79. The van der Waals surface area contributed by atoms with Crippen molar-refractivity contribution >= 4 is 5.65 Å². The third kappa shape index (κ3) is 3.09. The van der Waals surface area contributed by atoms with E-state index in [9.17, 15) is 13.2 Å². The fraction of sp³-hybridized carbons (Fsp3) is 0.400. The Morgan fingerprint density at radius 2 is 1.93 bits per heavy atom. The van der Waals surface area contributed by atoms with Crippen LogP contribution in [0.1, 0.15) is 35.0 Å².